The molecule has 0 bridgehead atoms. The van der Waals surface area contributed by atoms with E-state index in [1.54, 1.807) is 32.2 Å². The summed E-state index contributed by atoms with van der Waals surface area (Å²) in [7, 11) is 1.58. The number of tetrazole rings is 1. The van der Waals surface area contributed by atoms with Crippen LogP contribution in [0.25, 0.3) is 11.8 Å². The summed E-state index contributed by atoms with van der Waals surface area (Å²) >= 11 is 0. The lowest BCUT2D eigenvalue weighted by Gasteiger charge is -2.16. The topological polar surface area (TPSA) is 106 Å². The lowest BCUT2D eigenvalue weighted by atomic mass is 9.86. The first-order valence-electron chi connectivity index (χ1n) is 9.28. The number of rotatable bonds is 6. The normalized spacial score (nSPS) is 11.6. The number of amides is 1. The van der Waals surface area contributed by atoms with Crippen LogP contribution in [0.15, 0.2) is 48.5 Å². The minimum atomic E-state index is -0.608. The summed E-state index contributed by atoms with van der Waals surface area (Å²) in [6.07, 6.45) is 1.69. The van der Waals surface area contributed by atoms with E-state index < -0.39 is 5.41 Å². The fourth-order valence-corrected chi connectivity index (χ4v) is 2.80. The number of nitrogens with zero attached hydrogens (tertiary/aromatic N) is 5. The molecule has 0 aliphatic carbocycles. The third-order valence-electron chi connectivity index (χ3n) is 4.63. The smallest absolute Gasteiger partial charge is 0.274 e. The van der Waals surface area contributed by atoms with Gasteiger partial charge in [-0.05, 0) is 72.7 Å². The molecule has 0 saturated carbocycles. The number of hydrogen-bond donors (Lipinski definition) is 1. The summed E-state index contributed by atoms with van der Waals surface area (Å²) in [5.74, 6) is 0.776. The molecule has 0 radical (unpaired) electrons. The van der Waals surface area contributed by atoms with Gasteiger partial charge in [0.05, 0.1) is 18.6 Å². The van der Waals surface area contributed by atoms with Gasteiger partial charge in [0, 0.05) is 5.69 Å². The van der Waals surface area contributed by atoms with Crippen LogP contribution in [0.2, 0.25) is 0 Å². The van der Waals surface area contributed by atoms with Gasteiger partial charge in [-0.2, -0.15) is 9.94 Å². The number of aryl methyl sites for hydroxylation is 1. The van der Waals surface area contributed by atoms with Crippen LogP contribution in [0.4, 0.5) is 5.69 Å². The monoisotopic (exact) mass is 402 g/mol. The number of benzene rings is 2. The average molecular weight is 402 g/mol. The third kappa shape index (κ3) is 4.52. The number of methoxy groups -OCH3 is 1. The maximum atomic E-state index is 13.1. The molecule has 1 amide bonds. The Bertz CT molecular complexity index is 1120. The first kappa shape index (κ1) is 20.7. The number of carbonyl (C=O) groups is 1. The van der Waals surface area contributed by atoms with Crippen LogP contribution < -0.4 is 10.1 Å². The number of anilines is 1. The molecule has 2 aromatic carbocycles. The molecule has 1 heterocycles. The molecule has 1 aromatic heterocycles. The number of aromatic nitrogens is 4. The van der Waals surface area contributed by atoms with Gasteiger partial charge in [-0.1, -0.05) is 24.3 Å². The maximum Gasteiger partial charge on any atom is 0.274 e. The molecule has 0 saturated heterocycles. The van der Waals surface area contributed by atoms with Crippen LogP contribution >= 0.6 is 0 Å². The van der Waals surface area contributed by atoms with Crippen LogP contribution in [0.3, 0.4) is 0 Å². The highest BCUT2D eigenvalue weighted by Crippen LogP contribution is 2.24. The average Bonchev–Trinajstić information content (AvgIpc) is 3.18. The summed E-state index contributed by atoms with van der Waals surface area (Å²) in [5, 5.41) is 23.6. The minimum Gasteiger partial charge on any atom is -0.497 e. The number of hydrogen-bond acceptors (Lipinski definition) is 6. The minimum absolute atomic E-state index is 0.257. The first-order chi connectivity index (χ1) is 14.3. The molecule has 3 aromatic rings. The summed E-state index contributed by atoms with van der Waals surface area (Å²) in [6, 6.07) is 16.8. The van der Waals surface area contributed by atoms with E-state index in [-0.39, 0.29) is 11.6 Å². The van der Waals surface area contributed by atoms with Crippen molar-refractivity contribution in [2.24, 2.45) is 0 Å². The van der Waals surface area contributed by atoms with Gasteiger partial charge in [-0.3, -0.25) is 4.79 Å². The second kappa shape index (κ2) is 8.57. The summed E-state index contributed by atoms with van der Waals surface area (Å²) in [4.78, 5) is 13.1. The molecule has 8 nitrogen and oxygen atoms in total. The molecule has 0 atom stereocenters. The van der Waals surface area contributed by atoms with E-state index in [1.807, 2.05) is 50.2 Å². The Morgan fingerprint density at radius 3 is 2.57 bits per heavy atom. The maximum absolute atomic E-state index is 13.1. The Morgan fingerprint density at radius 1 is 1.23 bits per heavy atom. The van der Waals surface area contributed by atoms with Crippen LogP contribution in [0, 0.1) is 18.3 Å². The van der Waals surface area contributed by atoms with Crippen molar-refractivity contribution >= 4 is 23.4 Å². The molecule has 3 rings (SSSR count). The predicted octanol–water partition coefficient (Wildman–Crippen LogP) is 3.43. The SMILES string of the molecule is COc1cccc(/C=C(/C(=O)Nc2ccc(C(C)(C)C#N)cc2)n2nnnc2C)c1. The Labute approximate surface area is 174 Å². The number of nitriles is 1. The molecule has 0 fully saturated rings. The van der Waals surface area contributed by atoms with Gasteiger partial charge in [0.2, 0.25) is 0 Å². The van der Waals surface area contributed by atoms with E-state index in [4.69, 9.17) is 4.74 Å². The Hall–Kier alpha value is -3.99. The molecule has 1 N–H and O–H groups in total. The summed E-state index contributed by atoms with van der Waals surface area (Å²) in [5.41, 5.74) is 1.88. The molecule has 0 aliphatic rings. The summed E-state index contributed by atoms with van der Waals surface area (Å²) < 4.78 is 6.63. The largest absolute Gasteiger partial charge is 0.497 e. The van der Waals surface area contributed by atoms with E-state index in [2.05, 4.69) is 26.9 Å². The second-order valence-corrected chi connectivity index (χ2v) is 7.21. The highest BCUT2D eigenvalue weighted by atomic mass is 16.5. The van der Waals surface area contributed by atoms with Crippen molar-refractivity contribution in [1.82, 2.24) is 20.2 Å². The van der Waals surface area contributed by atoms with Crippen molar-refractivity contribution in [2.45, 2.75) is 26.2 Å². The van der Waals surface area contributed by atoms with Gasteiger partial charge >= 0.3 is 0 Å². The van der Waals surface area contributed by atoms with Gasteiger partial charge in [-0.25, -0.2) is 0 Å². The molecule has 0 unspecified atom stereocenters. The fourth-order valence-electron chi connectivity index (χ4n) is 2.80. The van der Waals surface area contributed by atoms with E-state index in [1.165, 1.54) is 4.68 Å². The molecule has 0 aliphatic heterocycles. The second-order valence-electron chi connectivity index (χ2n) is 7.21. The van der Waals surface area contributed by atoms with Crippen molar-refractivity contribution in [2.75, 3.05) is 12.4 Å². The Balaban J connectivity index is 1.93. The Morgan fingerprint density at radius 2 is 1.97 bits per heavy atom. The number of nitrogens with one attached hydrogen (secondary N) is 1. The van der Waals surface area contributed by atoms with Gasteiger partial charge in [0.1, 0.15) is 11.4 Å². The molecular weight excluding hydrogens is 380 g/mol. The number of carbonyl (C=O) groups excluding carboxylic acids is 1. The zero-order valence-electron chi connectivity index (χ0n) is 17.2. The highest BCUT2D eigenvalue weighted by molar-refractivity contribution is 6.24. The quantitative estimate of drug-likeness (QED) is 0.633. The van der Waals surface area contributed by atoms with Crippen molar-refractivity contribution in [3.8, 4) is 11.8 Å². The van der Waals surface area contributed by atoms with Crippen LogP contribution in [0.5, 0.6) is 5.75 Å². The number of ether oxygens (including phenoxy) is 1. The summed E-state index contributed by atoms with van der Waals surface area (Å²) in [6.45, 7) is 5.40. The fraction of sp³-hybridized carbons (Fsp3) is 0.227. The van der Waals surface area contributed by atoms with Crippen LogP contribution in [-0.2, 0) is 10.2 Å². The molecule has 30 heavy (non-hydrogen) atoms. The molecule has 152 valence electrons. The third-order valence-corrected chi connectivity index (χ3v) is 4.63. The van der Waals surface area contributed by atoms with Crippen molar-refractivity contribution in [1.29, 1.82) is 5.26 Å². The van der Waals surface area contributed by atoms with Gasteiger partial charge in [0.15, 0.2) is 5.82 Å². The van der Waals surface area contributed by atoms with E-state index in [0.29, 0.717) is 17.3 Å². The first-order valence-corrected chi connectivity index (χ1v) is 9.28. The standard InChI is InChI=1S/C22H22N6O2/c1-15-25-26-27-28(15)20(13-16-6-5-7-19(12-16)30-4)21(29)24-18-10-8-17(9-11-18)22(2,3)14-23/h5-13H,1-4H3,(H,24,29)/b20-13-. The lowest BCUT2D eigenvalue weighted by molar-refractivity contribution is -0.111. The Kier molecular flexibility index (Phi) is 5.93. The van der Waals surface area contributed by atoms with Crippen molar-refractivity contribution < 1.29 is 9.53 Å². The van der Waals surface area contributed by atoms with E-state index in [9.17, 15) is 10.1 Å². The highest BCUT2D eigenvalue weighted by Gasteiger charge is 2.20. The molecule has 0 spiro atoms. The zero-order valence-corrected chi connectivity index (χ0v) is 17.2. The lowest BCUT2D eigenvalue weighted by Crippen LogP contribution is -2.20. The van der Waals surface area contributed by atoms with Crippen molar-refractivity contribution in [3.05, 3.63) is 65.5 Å². The van der Waals surface area contributed by atoms with Crippen molar-refractivity contribution in [3.63, 3.8) is 0 Å². The van der Waals surface area contributed by atoms with Crippen LogP contribution in [0.1, 0.15) is 30.8 Å². The molecule has 8 heteroatoms. The zero-order chi connectivity index (χ0) is 21.7. The van der Waals surface area contributed by atoms with Gasteiger partial charge in [0.25, 0.3) is 5.91 Å². The van der Waals surface area contributed by atoms with Gasteiger partial charge < -0.3 is 10.1 Å². The van der Waals surface area contributed by atoms with E-state index in [0.717, 1.165) is 11.1 Å². The van der Waals surface area contributed by atoms with Crippen LogP contribution in [-0.4, -0.2) is 33.2 Å². The predicted molar refractivity (Wildman–Crippen MR) is 113 cm³/mol. The van der Waals surface area contributed by atoms with Gasteiger partial charge in [-0.15, -0.1) is 5.10 Å². The van der Waals surface area contributed by atoms with E-state index >= 15 is 0 Å². The molecular formula is C22H22N6O2.